The molecule has 4 heteroatoms. The van der Waals surface area contributed by atoms with E-state index in [1.807, 2.05) is 6.08 Å². The van der Waals surface area contributed by atoms with Crippen LogP contribution in [-0.4, -0.2) is 33.0 Å². The third kappa shape index (κ3) is 2.51. The lowest BCUT2D eigenvalue weighted by molar-refractivity contribution is -0.129. The van der Waals surface area contributed by atoms with Crippen molar-refractivity contribution in [3.63, 3.8) is 0 Å². The Kier molecular flexibility index (Phi) is 4.39. The number of halogens is 1. The first kappa shape index (κ1) is 19.2. The Hall–Kier alpha value is -1.15. The molecule has 3 nitrogen and oxygen atoms in total. The number of aliphatic hydroxyl groups excluding tert-OH is 1. The molecule has 0 saturated heterocycles. The molecule has 0 aromatic heterocycles. The Morgan fingerprint density at radius 2 is 2.11 bits per heavy atom. The van der Waals surface area contributed by atoms with Gasteiger partial charge in [0, 0.05) is 16.7 Å². The van der Waals surface area contributed by atoms with E-state index in [0.717, 1.165) is 17.6 Å². The average Bonchev–Trinajstić information content (AvgIpc) is 2.86. The first-order valence-electron chi connectivity index (χ1n) is 9.77. The van der Waals surface area contributed by atoms with Crippen LogP contribution in [0.3, 0.4) is 0 Å². The zero-order chi connectivity index (χ0) is 19.6. The fourth-order valence-corrected chi connectivity index (χ4v) is 6.72. The lowest BCUT2D eigenvalue weighted by atomic mass is 9.47. The van der Waals surface area contributed by atoms with E-state index in [1.165, 1.54) is 0 Å². The van der Waals surface area contributed by atoms with Crippen LogP contribution in [0.1, 0.15) is 40.0 Å². The minimum absolute atomic E-state index is 0.0151. The quantitative estimate of drug-likeness (QED) is 0.456. The van der Waals surface area contributed by atoms with Crippen LogP contribution in [0.15, 0.2) is 35.5 Å². The molecule has 0 radical (unpaired) electrons. The molecule has 27 heavy (non-hydrogen) atoms. The minimum Gasteiger partial charge on any atom is -0.393 e. The van der Waals surface area contributed by atoms with E-state index in [2.05, 4.69) is 54.6 Å². The fourth-order valence-electron chi connectivity index (χ4n) is 6.58. The van der Waals surface area contributed by atoms with Crippen LogP contribution in [0.4, 0.5) is 0 Å². The summed E-state index contributed by atoms with van der Waals surface area (Å²) < 4.78 is 0. The van der Waals surface area contributed by atoms with E-state index >= 15 is 0 Å². The summed E-state index contributed by atoms with van der Waals surface area (Å²) in [5, 5.41) is 23.2. The molecule has 0 heterocycles. The molecular weight excluding hydrogens is 404 g/mol. The van der Waals surface area contributed by atoms with Crippen LogP contribution in [0.5, 0.6) is 0 Å². The van der Waals surface area contributed by atoms with Gasteiger partial charge in [-0.3, -0.25) is 4.79 Å². The maximum Gasteiger partial charge on any atom is 0.178 e. The van der Waals surface area contributed by atoms with Crippen molar-refractivity contribution in [2.24, 2.45) is 28.6 Å². The first-order valence-corrected chi connectivity index (χ1v) is 10.9. The standard InChI is InChI=1S/C23H27BrO3/c1-14-11-16-17-6-9-23(27,7-4-10-24)22(17,3)13-19(26)20(16)21(2)8-5-15(25)12-18(14)21/h5,8,11-12,16-17,19-20,26-27H,6,9-10,13H2,1-3H3/t16-,17-,19-,20+,21-,22-,23-/m0/s1. The van der Waals surface area contributed by atoms with Crippen molar-refractivity contribution < 1.29 is 15.0 Å². The molecular formula is C23H27BrO3. The number of carbonyl (C=O) groups excluding carboxylic acids is 1. The maximum atomic E-state index is 12.0. The summed E-state index contributed by atoms with van der Waals surface area (Å²) in [5.41, 5.74) is 0.307. The van der Waals surface area contributed by atoms with Gasteiger partial charge in [-0.25, -0.2) is 0 Å². The highest BCUT2D eigenvalue weighted by molar-refractivity contribution is 9.09. The molecule has 0 amide bonds. The number of fused-ring (bicyclic) bond motifs is 5. The first-order chi connectivity index (χ1) is 12.7. The largest absolute Gasteiger partial charge is 0.393 e. The van der Waals surface area contributed by atoms with Crippen LogP contribution < -0.4 is 0 Å². The highest BCUT2D eigenvalue weighted by atomic mass is 79.9. The highest BCUT2D eigenvalue weighted by Crippen LogP contribution is 2.66. The van der Waals surface area contributed by atoms with Gasteiger partial charge < -0.3 is 10.2 Å². The molecule has 0 bridgehead atoms. The van der Waals surface area contributed by atoms with Crippen molar-refractivity contribution in [2.45, 2.75) is 51.7 Å². The third-order valence-corrected chi connectivity index (χ3v) is 8.17. The van der Waals surface area contributed by atoms with E-state index in [4.69, 9.17) is 0 Å². The van der Waals surface area contributed by atoms with Gasteiger partial charge in [0.2, 0.25) is 0 Å². The second-order valence-corrected chi connectivity index (χ2v) is 9.72. The summed E-state index contributed by atoms with van der Waals surface area (Å²) in [6.45, 7) is 6.31. The monoisotopic (exact) mass is 430 g/mol. The summed E-state index contributed by atoms with van der Waals surface area (Å²) in [6, 6.07) is 0. The molecule has 2 N–H and O–H groups in total. The van der Waals surface area contributed by atoms with Crippen LogP contribution in [-0.2, 0) is 4.79 Å². The molecule has 0 aliphatic heterocycles. The van der Waals surface area contributed by atoms with E-state index in [-0.39, 0.29) is 29.0 Å². The summed E-state index contributed by atoms with van der Waals surface area (Å²) in [5.74, 6) is 6.57. The van der Waals surface area contributed by atoms with Crippen molar-refractivity contribution >= 4 is 21.7 Å². The van der Waals surface area contributed by atoms with Gasteiger partial charge >= 0.3 is 0 Å². The van der Waals surface area contributed by atoms with Crippen molar-refractivity contribution in [1.29, 1.82) is 0 Å². The van der Waals surface area contributed by atoms with E-state index in [9.17, 15) is 15.0 Å². The molecule has 144 valence electrons. The number of hydrogen-bond acceptors (Lipinski definition) is 3. The zero-order valence-electron chi connectivity index (χ0n) is 16.1. The predicted octanol–water partition coefficient (Wildman–Crippen LogP) is 3.56. The molecule has 4 aliphatic carbocycles. The third-order valence-electron chi connectivity index (χ3n) is 7.89. The molecule has 4 rings (SSSR count). The smallest absolute Gasteiger partial charge is 0.178 e. The van der Waals surface area contributed by atoms with Gasteiger partial charge in [-0.05, 0) is 55.7 Å². The molecule has 4 aliphatic rings. The van der Waals surface area contributed by atoms with Crippen LogP contribution in [0.2, 0.25) is 0 Å². The molecule has 7 atom stereocenters. The second kappa shape index (κ2) is 6.17. The number of allylic oxidation sites excluding steroid dienone is 6. The van der Waals surface area contributed by atoms with Gasteiger partial charge in [-0.15, -0.1) is 0 Å². The predicted molar refractivity (Wildman–Crippen MR) is 109 cm³/mol. The van der Waals surface area contributed by atoms with E-state index in [0.29, 0.717) is 18.2 Å². The zero-order valence-corrected chi connectivity index (χ0v) is 17.7. The average molecular weight is 431 g/mol. The molecule has 2 saturated carbocycles. The van der Waals surface area contributed by atoms with E-state index in [1.54, 1.807) is 12.2 Å². The Balaban J connectivity index is 1.83. The fraction of sp³-hybridized carbons (Fsp3) is 0.609. The lowest BCUT2D eigenvalue weighted by Gasteiger charge is -2.58. The van der Waals surface area contributed by atoms with Crippen molar-refractivity contribution in [1.82, 2.24) is 0 Å². The Labute approximate surface area is 169 Å². The topological polar surface area (TPSA) is 57.5 Å². The number of alkyl halides is 1. The number of ketones is 1. The molecule has 0 aromatic rings. The van der Waals surface area contributed by atoms with Crippen LogP contribution >= 0.6 is 15.9 Å². The van der Waals surface area contributed by atoms with E-state index < -0.39 is 17.1 Å². The Bertz CT molecular complexity index is 843. The van der Waals surface area contributed by atoms with Crippen molar-refractivity contribution in [3.05, 3.63) is 35.5 Å². The number of rotatable bonds is 0. The number of aliphatic hydroxyl groups is 2. The molecule has 0 spiro atoms. The summed E-state index contributed by atoms with van der Waals surface area (Å²) in [4.78, 5) is 12.0. The maximum absolute atomic E-state index is 12.0. The minimum atomic E-state index is -1.06. The Morgan fingerprint density at radius 1 is 1.37 bits per heavy atom. The van der Waals surface area contributed by atoms with Gasteiger partial charge in [0.25, 0.3) is 0 Å². The normalized spacial score (nSPS) is 47.9. The van der Waals surface area contributed by atoms with Gasteiger partial charge in [-0.2, -0.15) is 0 Å². The van der Waals surface area contributed by atoms with Gasteiger partial charge in [0.05, 0.1) is 11.4 Å². The van der Waals surface area contributed by atoms with Crippen molar-refractivity contribution in [2.75, 3.05) is 5.33 Å². The number of hydrogen-bond donors (Lipinski definition) is 2. The van der Waals surface area contributed by atoms with Gasteiger partial charge in [0.1, 0.15) is 5.60 Å². The van der Waals surface area contributed by atoms with Gasteiger partial charge in [0.15, 0.2) is 5.78 Å². The van der Waals surface area contributed by atoms with Crippen LogP contribution in [0.25, 0.3) is 0 Å². The summed E-state index contributed by atoms with van der Waals surface area (Å²) in [7, 11) is 0. The Morgan fingerprint density at radius 3 is 2.81 bits per heavy atom. The van der Waals surface area contributed by atoms with Crippen LogP contribution in [0, 0.1) is 40.4 Å². The van der Waals surface area contributed by atoms with Gasteiger partial charge in [-0.1, -0.05) is 59.3 Å². The number of carbonyl (C=O) groups is 1. The highest BCUT2D eigenvalue weighted by Gasteiger charge is 2.65. The summed E-state index contributed by atoms with van der Waals surface area (Å²) in [6.07, 6.45) is 9.15. The molecule has 0 unspecified atom stereocenters. The van der Waals surface area contributed by atoms with Crippen molar-refractivity contribution in [3.8, 4) is 11.8 Å². The SMILES string of the molecule is CC1=C[C@@H]2[C@H]([C@@H](O)C[C@@]3(C)[C@H]2CC[C@@]3(O)C#CCBr)[C@@]2(C)C=CC(=O)C=C12. The lowest BCUT2D eigenvalue weighted by Crippen LogP contribution is -2.58. The second-order valence-electron chi connectivity index (χ2n) is 9.16. The molecule has 0 aromatic carbocycles. The summed E-state index contributed by atoms with van der Waals surface area (Å²) >= 11 is 3.33. The molecule has 2 fully saturated rings.